The Labute approximate surface area is 366 Å². The van der Waals surface area contributed by atoms with E-state index in [1.807, 2.05) is 0 Å². The Morgan fingerprint density at radius 3 is 0.638 bits per heavy atom. The van der Waals surface area contributed by atoms with Gasteiger partial charge in [-0.3, -0.25) is 0 Å². The van der Waals surface area contributed by atoms with Gasteiger partial charge in [-0.25, -0.2) is 4.57 Å². The average molecular weight is 844 g/mol. The molecule has 0 aromatic heterocycles. The van der Waals surface area contributed by atoms with Crippen LogP contribution < -0.4 is 5.32 Å². The van der Waals surface area contributed by atoms with Crippen LogP contribution in [-0.4, -0.2) is 26.8 Å². The molecule has 0 saturated heterocycles. The van der Waals surface area contributed by atoms with Crippen molar-refractivity contribution in [3.8, 4) is 0 Å². The number of phosphoric acid groups is 1. The molecule has 0 aliphatic carbocycles. The van der Waals surface area contributed by atoms with Gasteiger partial charge in [-0.1, -0.05) is 297 Å². The van der Waals surface area contributed by atoms with Gasteiger partial charge >= 0.3 is 7.82 Å². The van der Waals surface area contributed by atoms with E-state index < -0.39 is 7.82 Å². The van der Waals surface area contributed by atoms with E-state index in [2.05, 4.69) is 33.0 Å². The Morgan fingerprint density at radius 2 is 0.448 bits per heavy atom. The van der Waals surface area contributed by atoms with Gasteiger partial charge in [-0.05, 0) is 32.2 Å². The van der Waals surface area contributed by atoms with Crippen LogP contribution in [0.4, 0.5) is 0 Å². The van der Waals surface area contributed by atoms with Gasteiger partial charge in [0.1, 0.15) is 0 Å². The van der Waals surface area contributed by atoms with E-state index in [1.165, 1.54) is 302 Å². The molecule has 0 aromatic rings. The van der Waals surface area contributed by atoms with Crippen LogP contribution in [0.5, 0.6) is 0 Å². The van der Waals surface area contributed by atoms with Crippen LogP contribution in [0.1, 0.15) is 323 Å². The van der Waals surface area contributed by atoms with Gasteiger partial charge < -0.3 is 20.0 Å². The van der Waals surface area contributed by atoms with Crippen LogP contribution in [0.25, 0.3) is 0 Å². The van der Waals surface area contributed by atoms with Gasteiger partial charge in [-0.15, -0.1) is 0 Å². The van der Waals surface area contributed by atoms with Crippen molar-refractivity contribution in [2.75, 3.05) is 6.54 Å². The monoisotopic (exact) mass is 844 g/mol. The molecule has 0 heterocycles. The summed E-state index contributed by atoms with van der Waals surface area (Å²) in [4.78, 5) is 21.6. The minimum Gasteiger partial charge on any atom is -0.311 e. The summed E-state index contributed by atoms with van der Waals surface area (Å²) < 4.78 is 8.88. The number of hydrogen-bond acceptors (Lipinski definition) is 2. The molecule has 0 spiro atoms. The fourth-order valence-electron chi connectivity index (χ4n) is 8.99. The van der Waals surface area contributed by atoms with E-state index >= 15 is 0 Å². The van der Waals surface area contributed by atoms with Crippen LogP contribution in [0.15, 0.2) is 0 Å². The third-order valence-corrected chi connectivity index (χ3v) is 12.8. The molecule has 0 rings (SSSR count). The first-order chi connectivity index (χ1) is 28.2. The molecule has 0 aliphatic rings. The molecule has 352 valence electrons. The second-order valence-corrected chi connectivity index (χ2v) is 19.8. The van der Waals surface area contributed by atoms with Gasteiger partial charge in [-0.2, -0.15) is 0 Å². The zero-order chi connectivity index (χ0) is 42.9. The largest absolute Gasteiger partial charge is 0.466 e. The lowest BCUT2D eigenvalue weighted by molar-refractivity contribution is 0.234. The molecule has 5 nitrogen and oxygen atoms in total. The molecular formula is C52H110NO4P. The Hall–Kier alpha value is 0.0700. The SMILES string of the molecule is CCCCCCCCCCCCCCCCCCC(CCCCCCC)(CCCCCCCCCCCCCCCCCC)NCCCCCCCC.O=P(O)(O)O. The van der Waals surface area contributed by atoms with Crippen molar-refractivity contribution >= 4 is 7.82 Å². The first-order valence-electron chi connectivity index (χ1n) is 26.8. The normalized spacial score (nSPS) is 12.0. The summed E-state index contributed by atoms with van der Waals surface area (Å²) in [5.74, 6) is 0. The highest BCUT2D eigenvalue weighted by molar-refractivity contribution is 7.45. The lowest BCUT2D eigenvalue weighted by atomic mass is 9.81. The van der Waals surface area contributed by atoms with Gasteiger partial charge in [0.15, 0.2) is 0 Å². The summed E-state index contributed by atoms with van der Waals surface area (Å²) in [7, 11) is -4.64. The van der Waals surface area contributed by atoms with Crippen molar-refractivity contribution in [1.82, 2.24) is 5.32 Å². The summed E-state index contributed by atoms with van der Waals surface area (Å²) in [5.41, 5.74) is 0.418. The fourth-order valence-corrected chi connectivity index (χ4v) is 8.99. The highest BCUT2D eigenvalue weighted by atomic mass is 31.2. The Bertz CT molecular complexity index is 745. The Kier molecular flexibility index (Phi) is 51.6. The summed E-state index contributed by atoms with van der Waals surface area (Å²) in [6, 6.07) is 0. The summed E-state index contributed by atoms with van der Waals surface area (Å²) in [6.07, 6.45) is 66.9. The third-order valence-electron chi connectivity index (χ3n) is 12.8. The van der Waals surface area contributed by atoms with Gasteiger partial charge in [0.2, 0.25) is 0 Å². The minimum atomic E-state index is -4.64. The summed E-state index contributed by atoms with van der Waals surface area (Å²) in [5, 5.41) is 4.32. The highest BCUT2D eigenvalue weighted by Gasteiger charge is 2.27. The van der Waals surface area contributed by atoms with E-state index in [-0.39, 0.29) is 0 Å². The topological polar surface area (TPSA) is 89.8 Å². The van der Waals surface area contributed by atoms with E-state index in [1.54, 1.807) is 0 Å². The van der Waals surface area contributed by atoms with Crippen LogP contribution in [0.2, 0.25) is 0 Å². The Balaban J connectivity index is 0. The molecule has 0 atom stereocenters. The first kappa shape index (κ1) is 60.2. The van der Waals surface area contributed by atoms with E-state index in [9.17, 15) is 0 Å². The van der Waals surface area contributed by atoms with Crippen LogP contribution >= 0.6 is 7.82 Å². The standard InChI is InChI=1S/C52H107N.H3O4P/c1-5-9-13-17-20-22-24-26-28-30-32-34-36-38-41-45-49-52(48-44-40-16-12-8-4,53-51-47-43-19-15-11-7-3)50-46-42-39-37-35-33-31-29-27-25-23-21-18-14-10-6-2;1-5(2,3)4/h53H,5-51H2,1-4H3;(H3,1,2,3,4). The molecule has 0 aliphatic heterocycles. The third kappa shape index (κ3) is 54.1. The van der Waals surface area contributed by atoms with Crippen molar-refractivity contribution in [3.05, 3.63) is 0 Å². The van der Waals surface area contributed by atoms with Crippen molar-refractivity contribution in [2.45, 2.75) is 329 Å². The lowest BCUT2D eigenvalue weighted by Gasteiger charge is -2.36. The van der Waals surface area contributed by atoms with Crippen molar-refractivity contribution in [3.63, 3.8) is 0 Å². The van der Waals surface area contributed by atoms with Gasteiger partial charge in [0.25, 0.3) is 0 Å². The molecule has 0 fully saturated rings. The molecular weight excluding hydrogens is 734 g/mol. The number of hydrogen-bond donors (Lipinski definition) is 4. The molecule has 0 amide bonds. The highest BCUT2D eigenvalue weighted by Crippen LogP contribution is 2.30. The van der Waals surface area contributed by atoms with Crippen molar-refractivity contribution in [2.24, 2.45) is 0 Å². The Morgan fingerprint density at radius 1 is 0.293 bits per heavy atom. The maximum atomic E-state index is 8.88. The molecule has 58 heavy (non-hydrogen) atoms. The average Bonchev–Trinajstić information content (AvgIpc) is 3.19. The van der Waals surface area contributed by atoms with Crippen LogP contribution in [0.3, 0.4) is 0 Å². The second-order valence-electron chi connectivity index (χ2n) is 18.8. The molecule has 0 bridgehead atoms. The summed E-state index contributed by atoms with van der Waals surface area (Å²) >= 11 is 0. The zero-order valence-electron chi connectivity index (χ0n) is 40.4. The van der Waals surface area contributed by atoms with E-state index in [4.69, 9.17) is 19.2 Å². The summed E-state index contributed by atoms with van der Waals surface area (Å²) in [6.45, 7) is 10.6. The van der Waals surface area contributed by atoms with E-state index in [0.29, 0.717) is 5.54 Å². The van der Waals surface area contributed by atoms with E-state index in [0.717, 1.165) is 0 Å². The van der Waals surface area contributed by atoms with Crippen molar-refractivity contribution in [1.29, 1.82) is 0 Å². The van der Waals surface area contributed by atoms with Gasteiger partial charge in [0, 0.05) is 5.54 Å². The van der Waals surface area contributed by atoms with Crippen LogP contribution in [0, 0.1) is 0 Å². The fraction of sp³-hybridized carbons (Fsp3) is 1.00. The molecule has 0 unspecified atom stereocenters. The second kappa shape index (κ2) is 49.7. The molecule has 0 radical (unpaired) electrons. The first-order valence-corrected chi connectivity index (χ1v) is 28.3. The molecule has 6 heteroatoms. The van der Waals surface area contributed by atoms with Gasteiger partial charge in [0.05, 0.1) is 0 Å². The zero-order valence-corrected chi connectivity index (χ0v) is 41.3. The minimum absolute atomic E-state index is 0.418. The van der Waals surface area contributed by atoms with Crippen LogP contribution in [-0.2, 0) is 4.57 Å². The number of nitrogens with one attached hydrogen (secondary N) is 1. The predicted octanol–water partition coefficient (Wildman–Crippen LogP) is 18.4. The molecule has 0 aromatic carbocycles. The molecule has 0 saturated carbocycles. The smallest absolute Gasteiger partial charge is 0.311 e. The predicted molar refractivity (Wildman–Crippen MR) is 260 cm³/mol. The molecule has 4 N–H and O–H groups in total. The number of unbranched alkanes of at least 4 members (excludes halogenated alkanes) is 39. The number of rotatable bonds is 48. The lowest BCUT2D eigenvalue weighted by Crippen LogP contribution is -2.45. The maximum absolute atomic E-state index is 8.88. The quantitative estimate of drug-likeness (QED) is 0.0362. The van der Waals surface area contributed by atoms with Crippen molar-refractivity contribution < 1.29 is 19.2 Å². The maximum Gasteiger partial charge on any atom is 0.466 e.